The van der Waals surface area contributed by atoms with Crippen molar-refractivity contribution in [1.82, 2.24) is 9.80 Å². The van der Waals surface area contributed by atoms with Crippen molar-refractivity contribution < 1.29 is 22.7 Å². The monoisotopic (exact) mass is 502 g/mol. The van der Waals surface area contributed by atoms with Crippen molar-refractivity contribution >= 4 is 17.5 Å². The fourth-order valence-electron chi connectivity index (χ4n) is 4.68. The van der Waals surface area contributed by atoms with Gasteiger partial charge in [-0.2, -0.15) is 13.2 Å². The Kier molecular flexibility index (Phi) is 7.38. The lowest BCUT2D eigenvalue weighted by Gasteiger charge is -2.30. The zero-order valence-electron chi connectivity index (χ0n) is 19.4. The molecule has 2 atom stereocenters. The molecule has 0 saturated carbocycles. The second kappa shape index (κ2) is 10.3. The number of amides is 1. The Morgan fingerprint density at radius 2 is 1.74 bits per heavy atom. The molecule has 35 heavy (non-hydrogen) atoms. The number of hydrogen-bond acceptors (Lipinski definition) is 3. The van der Waals surface area contributed by atoms with E-state index in [-0.39, 0.29) is 23.3 Å². The van der Waals surface area contributed by atoms with E-state index in [1.54, 1.807) is 11.9 Å². The average molecular weight is 503 g/mol. The quantitative estimate of drug-likeness (QED) is 0.408. The SMILES string of the molecule is COc1ccc(C(=O)N(C)C2CN(Cc3ccccc3)CC2c2ccc(Cl)cc2)cc1C(F)(F)F. The molecule has 4 rings (SSSR count). The Bertz CT molecular complexity index is 1170. The van der Waals surface area contributed by atoms with Crippen LogP contribution in [0.2, 0.25) is 5.02 Å². The van der Waals surface area contributed by atoms with E-state index in [4.69, 9.17) is 16.3 Å². The number of carbonyl (C=O) groups is 1. The zero-order valence-corrected chi connectivity index (χ0v) is 20.2. The van der Waals surface area contributed by atoms with E-state index in [2.05, 4.69) is 17.0 Å². The Labute approximate surface area is 207 Å². The van der Waals surface area contributed by atoms with Crippen LogP contribution in [0.15, 0.2) is 72.8 Å². The molecule has 1 aliphatic rings. The standard InChI is InChI=1S/C27H26ClF3N2O2/c1-32(26(34)20-10-13-25(35-2)23(14-20)27(29,30)31)24-17-33(15-18-6-4-3-5-7-18)16-22(24)19-8-11-21(28)12-9-19/h3-14,22,24H,15-17H2,1-2H3. The number of nitrogens with zero attached hydrogens (tertiary/aromatic N) is 2. The van der Waals surface area contributed by atoms with Crippen LogP contribution in [0.4, 0.5) is 13.2 Å². The van der Waals surface area contributed by atoms with E-state index < -0.39 is 17.6 Å². The second-order valence-corrected chi connectivity index (χ2v) is 9.17. The maximum atomic E-state index is 13.5. The predicted octanol–water partition coefficient (Wildman–Crippen LogP) is 6.11. The van der Waals surface area contributed by atoms with Crippen LogP contribution in [-0.4, -0.2) is 49.0 Å². The first-order chi connectivity index (χ1) is 16.7. The average Bonchev–Trinajstić information content (AvgIpc) is 3.26. The van der Waals surface area contributed by atoms with Gasteiger partial charge in [-0.1, -0.05) is 54.1 Å². The summed E-state index contributed by atoms with van der Waals surface area (Å²) >= 11 is 6.08. The highest BCUT2D eigenvalue weighted by Gasteiger charge is 2.39. The number of ether oxygens (including phenoxy) is 1. The fourth-order valence-corrected chi connectivity index (χ4v) is 4.81. The summed E-state index contributed by atoms with van der Waals surface area (Å²) in [7, 11) is 2.83. The Morgan fingerprint density at radius 1 is 1.06 bits per heavy atom. The lowest BCUT2D eigenvalue weighted by molar-refractivity contribution is -0.138. The van der Waals surface area contributed by atoms with E-state index in [9.17, 15) is 18.0 Å². The third-order valence-corrected chi connectivity index (χ3v) is 6.73. The molecule has 3 aromatic carbocycles. The normalized spacial score (nSPS) is 18.5. The Morgan fingerprint density at radius 3 is 2.37 bits per heavy atom. The Balaban J connectivity index is 1.62. The third-order valence-electron chi connectivity index (χ3n) is 6.48. The van der Waals surface area contributed by atoms with Gasteiger partial charge in [0.05, 0.1) is 18.7 Å². The van der Waals surface area contributed by atoms with Crippen LogP contribution in [0, 0.1) is 0 Å². The van der Waals surface area contributed by atoms with Crippen molar-refractivity contribution in [3.05, 3.63) is 100 Å². The molecule has 1 amide bonds. The van der Waals surface area contributed by atoms with Gasteiger partial charge in [-0.3, -0.25) is 9.69 Å². The number of likely N-dealkylation sites (tertiary alicyclic amines) is 1. The van der Waals surface area contributed by atoms with Crippen LogP contribution < -0.4 is 4.74 Å². The number of carbonyl (C=O) groups excluding carboxylic acids is 1. The van der Waals surface area contributed by atoms with Crippen LogP contribution >= 0.6 is 11.6 Å². The molecule has 3 aromatic rings. The fraction of sp³-hybridized carbons (Fsp3) is 0.296. The maximum Gasteiger partial charge on any atom is 0.419 e. The summed E-state index contributed by atoms with van der Waals surface area (Å²) in [4.78, 5) is 17.2. The number of rotatable bonds is 6. The number of methoxy groups -OCH3 is 1. The number of halogens is 4. The van der Waals surface area contributed by atoms with Crippen LogP contribution in [-0.2, 0) is 12.7 Å². The largest absolute Gasteiger partial charge is 0.496 e. The highest BCUT2D eigenvalue weighted by atomic mass is 35.5. The molecule has 0 spiro atoms. The van der Waals surface area contributed by atoms with Crippen LogP contribution in [0.5, 0.6) is 5.75 Å². The lowest BCUT2D eigenvalue weighted by Crippen LogP contribution is -2.41. The molecule has 1 aliphatic heterocycles. The molecule has 4 nitrogen and oxygen atoms in total. The van der Waals surface area contributed by atoms with Crippen molar-refractivity contribution in [2.24, 2.45) is 0 Å². The summed E-state index contributed by atoms with van der Waals surface area (Å²) in [5.74, 6) is -0.806. The first-order valence-corrected chi connectivity index (χ1v) is 11.6. The summed E-state index contributed by atoms with van der Waals surface area (Å²) in [5, 5.41) is 0.617. The van der Waals surface area contributed by atoms with Gasteiger partial charge in [0.25, 0.3) is 5.91 Å². The minimum Gasteiger partial charge on any atom is -0.496 e. The van der Waals surface area contributed by atoms with Gasteiger partial charge in [0, 0.05) is 43.2 Å². The van der Waals surface area contributed by atoms with Gasteiger partial charge < -0.3 is 9.64 Å². The third kappa shape index (κ3) is 5.63. The van der Waals surface area contributed by atoms with E-state index in [1.807, 2.05) is 42.5 Å². The van der Waals surface area contributed by atoms with Gasteiger partial charge in [0.2, 0.25) is 0 Å². The summed E-state index contributed by atoms with van der Waals surface area (Å²) in [6, 6.07) is 20.7. The minimum atomic E-state index is -4.63. The highest BCUT2D eigenvalue weighted by molar-refractivity contribution is 6.30. The van der Waals surface area contributed by atoms with Gasteiger partial charge in [0.1, 0.15) is 5.75 Å². The van der Waals surface area contributed by atoms with Gasteiger partial charge >= 0.3 is 6.18 Å². The molecule has 1 saturated heterocycles. The lowest BCUT2D eigenvalue weighted by atomic mass is 9.93. The summed E-state index contributed by atoms with van der Waals surface area (Å²) in [5.41, 5.74) is 1.19. The topological polar surface area (TPSA) is 32.8 Å². The molecule has 1 fully saturated rings. The molecule has 0 aliphatic carbocycles. The first kappa shape index (κ1) is 25.1. The van der Waals surface area contributed by atoms with E-state index in [0.29, 0.717) is 24.7 Å². The first-order valence-electron chi connectivity index (χ1n) is 11.2. The van der Waals surface area contributed by atoms with Crippen molar-refractivity contribution in [2.45, 2.75) is 24.7 Å². The Hall–Kier alpha value is -3.03. The predicted molar refractivity (Wildman–Crippen MR) is 130 cm³/mol. The highest BCUT2D eigenvalue weighted by Crippen LogP contribution is 2.38. The van der Waals surface area contributed by atoms with E-state index in [1.165, 1.54) is 19.2 Å². The number of hydrogen-bond donors (Lipinski definition) is 0. The molecule has 2 unspecified atom stereocenters. The summed E-state index contributed by atoms with van der Waals surface area (Å²) in [6.45, 7) is 2.01. The summed E-state index contributed by atoms with van der Waals surface area (Å²) < 4.78 is 45.5. The van der Waals surface area contributed by atoms with E-state index in [0.717, 1.165) is 17.2 Å². The summed E-state index contributed by atoms with van der Waals surface area (Å²) in [6.07, 6.45) is -4.63. The molecule has 0 aromatic heterocycles. The van der Waals surface area contributed by atoms with Crippen LogP contribution in [0.1, 0.15) is 33.0 Å². The molecule has 0 bridgehead atoms. The van der Waals surface area contributed by atoms with Crippen molar-refractivity contribution in [1.29, 1.82) is 0 Å². The second-order valence-electron chi connectivity index (χ2n) is 8.73. The smallest absolute Gasteiger partial charge is 0.419 e. The number of benzene rings is 3. The van der Waals surface area contributed by atoms with Crippen LogP contribution in [0.25, 0.3) is 0 Å². The molecular weight excluding hydrogens is 477 g/mol. The van der Waals surface area contributed by atoms with Crippen molar-refractivity contribution in [3.8, 4) is 5.75 Å². The van der Waals surface area contributed by atoms with E-state index >= 15 is 0 Å². The molecule has 0 radical (unpaired) electrons. The molecule has 8 heteroatoms. The van der Waals surface area contributed by atoms with Crippen molar-refractivity contribution in [2.75, 3.05) is 27.2 Å². The molecule has 0 N–H and O–H groups in total. The van der Waals surface area contributed by atoms with Crippen LogP contribution in [0.3, 0.4) is 0 Å². The zero-order chi connectivity index (χ0) is 25.2. The minimum absolute atomic E-state index is 0.0229. The number of alkyl halides is 3. The molecule has 1 heterocycles. The van der Waals surface area contributed by atoms with Crippen molar-refractivity contribution in [3.63, 3.8) is 0 Å². The maximum absolute atomic E-state index is 13.5. The van der Waals surface area contributed by atoms with Gasteiger partial charge in [-0.05, 0) is 41.5 Å². The number of likely N-dealkylation sites (N-methyl/N-ethyl adjacent to an activating group) is 1. The van der Waals surface area contributed by atoms with Gasteiger partial charge in [-0.15, -0.1) is 0 Å². The van der Waals surface area contributed by atoms with Gasteiger partial charge in [-0.25, -0.2) is 0 Å². The molecule has 184 valence electrons. The van der Waals surface area contributed by atoms with Gasteiger partial charge in [0.15, 0.2) is 0 Å². The molecular formula is C27H26ClF3N2O2.